The molecule has 1 fully saturated rings. The number of aromatic hydroxyl groups is 1. The van der Waals surface area contributed by atoms with Gasteiger partial charge in [0, 0.05) is 39.8 Å². The lowest BCUT2D eigenvalue weighted by Crippen LogP contribution is -2.36. The van der Waals surface area contributed by atoms with E-state index in [-0.39, 0.29) is 11.3 Å². The second kappa shape index (κ2) is 6.20. The summed E-state index contributed by atoms with van der Waals surface area (Å²) in [5, 5.41) is 15.1. The zero-order valence-corrected chi connectivity index (χ0v) is 14.2. The molecule has 5 N–H and O–H groups in total. The van der Waals surface area contributed by atoms with Gasteiger partial charge in [0.05, 0.1) is 0 Å². The molecule has 0 bridgehead atoms. The van der Waals surface area contributed by atoms with Crippen LogP contribution in [-0.2, 0) is 6.54 Å². The van der Waals surface area contributed by atoms with E-state index in [0.717, 1.165) is 58.1 Å². The molecule has 2 heterocycles. The molecule has 1 aromatic carbocycles. The van der Waals surface area contributed by atoms with Crippen LogP contribution >= 0.6 is 11.3 Å². The van der Waals surface area contributed by atoms with Crippen molar-refractivity contribution in [3.05, 3.63) is 39.5 Å². The van der Waals surface area contributed by atoms with Crippen LogP contribution in [0.4, 0.5) is 0 Å². The van der Waals surface area contributed by atoms with Gasteiger partial charge in [-0.1, -0.05) is 0 Å². The van der Waals surface area contributed by atoms with Gasteiger partial charge in [-0.15, -0.1) is 11.3 Å². The van der Waals surface area contributed by atoms with Crippen LogP contribution in [0.15, 0.2) is 29.1 Å². The smallest absolute Gasteiger partial charge is 0.266 e. The number of phenolic OH excluding ortho intramolecular Hbond substituents is 1. The predicted molar refractivity (Wildman–Crippen MR) is 98.7 cm³/mol. The second-order valence-corrected chi connectivity index (χ2v) is 7.77. The number of aromatic amines is 1. The number of nitrogens with one attached hydrogen (secondary N) is 2. The molecule has 0 saturated heterocycles. The minimum Gasteiger partial charge on any atom is -0.508 e. The number of benzene rings is 1. The summed E-state index contributed by atoms with van der Waals surface area (Å²) in [5.74, 6) is 0.209. The molecule has 24 heavy (non-hydrogen) atoms. The Bertz CT molecular complexity index is 938. The van der Waals surface area contributed by atoms with Gasteiger partial charge in [0.1, 0.15) is 10.4 Å². The monoisotopic (exact) mass is 343 g/mol. The summed E-state index contributed by atoms with van der Waals surface area (Å²) in [6, 6.07) is 7.97. The minimum atomic E-state index is -0.0666. The van der Waals surface area contributed by atoms with Crippen LogP contribution in [0.3, 0.4) is 0 Å². The van der Waals surface area contributed by atoms with Gasteiger partial charge in [0.2, 0.25) is 0 Å². The highest BCUT2D eigenvalue weighted by Gasteiger charge is 2.18. The van der Waals surface area contributed by atoms with E-state index in [0.29, 0.717) is 12.1 Å². The van der Waals surface area contributed by atoms with Gasteiger partial charge >= 0.3 is 0 Å². The maximum Gasteiger partial charge on any atom is 0.266 e. The van der Waals surface area contributed by atoms with Gasteiger partial charge in [-0.2, -0.15) is 0 Å². The Kier molecular flexibility index (Phi) is 4.04. The largest absolute Gasteiger partial charge is 0.508 e. The van der Waals surface area contributed by atoms with E-state index < -0.39 is 0 Å². The van der Waals surface area contributed by atoms with Crippen molar-refractivity contribution in [2.45, 2.75) is 44.3 Å². The third-order valence-electron chi connectivity index (χ3n) is 4.87. The molecule has 0 radical (unpaired) electrons. The summed E-state index contributed by atoms with van der Waals surface area (Å²) in [7, 11) is 0. The van der Waals surface area contributed by atoms with E-state index in [4.69, 9.17) is 5.73 Å². The summed E-state index contributed by atoms with van der Waals surface area (Å²) in [4.78, 5) is 16.3. The maximum absolute atomic E-state index is 12.3. The minimum absolute atomic E-state index is 0.0666. The van der Waals surface area contributed by atoms with Crippen LogP contribution < -0.4 is 16.6 Å². The predicted octanol–water partition coefficient (Wildman–Crippen LogP) is 2.81. The summed E-state index contributed by atoms with van der Waals surface area (Å²) < 4.78 is 0.718. The lowest BCUT2D eigenvalue weighted by Gasteiger charge is -2.26. The molecule has 4 rings (SSSR count). The maximum atomic E-state index is 12.3. The van der Waals surface area contributed by atoms with E-state index in [1.165, 1.54) is 11.3 Å². The first-order valence-corrected chi connectivity index (χ1v) is 9.18. The van der Waals surface area contributed by atoms with Gasteiger partial charge < -0.3 is 21.1 Å². The van der Waals surface area contributed by atoms with E-state index in [2.05, 4.69) is 16.4 Å². The molecule has 0 aliphatic heterocycles. The molecule has 2 aromatic heterocycles. The van der Waals surface area contributed by atoms with E-state index >= 15 is 0 Å². The van der Waals surface area contributed by atoms with Gasteiger partial charge in [0.25, 0.3) is 5.56 Å². The zero-order valence-electron chi connectivity index (χ0n) is 13.3. The normalized spacial score (nSPS) is 21.5. The molecule has 0 atom stereocenters. The Hall–Kier alpha value is -1.89. The number of fused-ring (bicyclic) bond motifs is 3. The van der Waals surface area contributed by atoms with Crippen LogP contribution in [0, 0.1) is 0 Å². The fourth-order valence-corrected chi connectivity index (χ4v) is 4.53. The van der Waals surface area contributed by atoms with Crippen LogP contribution in [0.1, 0.15) is 30.6 Å². The SMILES string of the molecule is NC1CCC(NCc2cc3c(s2)c(=O)[nH]c2ccc(O)cc23)CC1. The van der Waals surface area contributed by atoms with Crippen molar-refractivity contribution in [3.8, 4) is 5.75 Å². The van der Waals surface area contributed by atoms with Crippen molar-refractivity contribution < 1.29 is 5.11 Å². The number of aromatic nitrogens is 1. The number of hydrogen-bond donors (Lipinski definition) is 4. The fraction of sp³-hybridized carbons (Fsp3) is 0.389. The van der Waals surface area contributed by atoms with Crippen LogP contribution in [0.2, 0.25) is 0 Å². The van der Waals surface area contributed by atoms with E-state index in [1.54, 1.807) is 18.2 Å². The molecule has 1 saturated carbocycles. The van der Waals surface area contributed by atoms with Gasteiger partial charge in [-0.3, -0.25) is 4.79 Å². The number of phenols is 1. The Balaban J connectivity index is 1.63. The molecule has 126 valence electrons. The van der Waals surface area contributed by atoms with E-state index in [9.17, 15) is 9.90 Å². The first-order valence-electron chi connectivity index (χ1n) is 8.36. The van der Waals surface area contributed by atoms with Crippen molar-refractivity contribution in [1.82, 2.24) is 10.3 Å². The lowest BCUT2D eigenvalue weighted by molar-refractivity contribution is 0.342. The molecule has 1 aliphatic rings. The molecule has 6 heteroatoms. The molecular weight excluding hydrogens is 322 g/mol. The average molecular weight is 343 g/mol. The van der Waals surface area contributed by atoms with Crippen molar-refractivity contribution in [3.63, 3.8) is 0 Å². The van der Waals surface area contributed by atoms with Crippen LogP contribution in [-0.4, -0.2) is 22.2 Å². The molecule has 0 spiro atoms. The average Bonchev–Trinajstić information content (AvgIpc) is 3.00. The molecule has 0 unspecified atom stereocenters. The molecule has 0 amide bonds. The van der Waals surface area contributed by atoms with Gasteiger partial charge in [0.15, 0.2) is 0 Å². The van der Waals surface area contributed by atoms with Crippen LogP contribution in [0.25, 0.3) is 21.0 Å². The van der Waals surface area contributed by atoms with E-state index in [1.807, 2.05) is 0 Å². The number of H-pyrrole nitrogens is 1. The molecule has 1 aliphatic carbocycles. The number of pyridine rings is 1. The number of nitrogens with two attached hydrogens (primary N) is 1. The summed E-state index contributed by atoms with van der Waals surface area (Å²) in [6.07, 6.45) is 4.38. The van der Waals surface area contributed by atoms with Crippen molar-refractivity contribution in [2.24, 2.45) is 5.73 Å². The standard InChI is InChI=1S/C18H21N3O2S/c19-10-1-3-11(4-2-10)20-9-13-8-15-14-7-12(22)5-6-16(14)21-18(23)17(15)24-13/h5-8,10-11,20,22H,1-4,9,19H2,(H,21,23). The highest BCUT2D eigenvalue weighted by atomic mass is 32.1. The Morgan fingerprint density at radius 2 is 2.00 bits per heavy atom. The second-order valence-electron chi connectivity index (χ2n) is 6.63. The van der Waals surface area contributed by atoms with Crippen molar-refractivity contribution in [2.75, 3.05) is 0 Å². The first kappa shape index (κ1) is 15.6. The Morgan fingerprint density at radius 3 is 2.79 bits per heavy atom. The lowest BCUT2D eigenvalue weighted by atomic mass is 9.92. The quantitative estimate of drug-likeness (QED) is 0.588. The zero-order chi connectivity index (χ0) is 16.7. The van der Waals surface area contributed by atoms with Gasteiger partial charge in [-0.25, -0.2) is 0 Å². The Morgan fingerprint density at radius 1 is 1.21 bits per heavy atom. The highest BCUT2D eigenvalue weighted by Crippen LogP contribution is 2.30. The number of rotatable bonds is 3. The topological polar surface area (TPSA) is 91.1 Å². The summed E-state index contributed by atoms with van der Waals surface area (Å²) in [5.41, 5.74) is 6.64. The first-order chi connectivity index (χ1) is 11.6. The number of hydrogen-bond acceptors (Lipinski definition) is 5. The third-order valence-corrected chi connectivity index (χ3v) is 6.00. The van der Waals surface area contributed by atoms with Crippen molar-refractivity contribution >= 4 is 32.3 Å². The summed E-state index contributed by atoms with van der Waals surface area (Å²) >= 11 is 1.52. The summed E-state index contributed by atoms with van der Waals surface area (Å²) in [6.45, 7) is 0.763. The fourth-order valence-electron chi connectivity index (χ4n) is 3.51. The van der Waals surface area contributed by atoms with Gasteiger partial charge in [-0.05, 0) is 49.9 Å². The Labute approximate surface area is 143 Å². The molecular formula is C18H21N3O2S. The highest BCUT2D eigenvalue weighted by molar-refractivity contribution is 7.19. The van der Waals surface area contributed by atoms with Crippen LogP contribution in [0.5, 0.6) is 5.75 Å². The van der Waals surface area contributed by atoms with Crippen molar-refractivity contribution in [1.29, 1.82) is 0 Å². The number of thiophene rings is 1. The molecule has 3 aromatic rings. The molecule has 5 nitrogen and oxygen atoms in total. The third kappa shape index (κ3) is 2.92.